The number of piperidine rings is 1. The van der Waals surface area contributed by atoms with Gasteiger partial charge in [-0.3, -0.25) is 4.90 Å². The van der Waals surface area contributed by atoms with E-state index < -0.39 is 0 Å². The SMILES string of the molecule is CCNC1CCN(Cc2ccc(CC)s2)C(C)C1C. The highest BCUT2D eigenvalue weighted by molar-refractivity contribution is 7.11. The molecular formula is C16H28N2S. The maximum atomic E-state index is 3.64. The predicted octanol–water partition coefficient (Wildman–Crippen LogP) is 3.52. The van der Waals surface area contributed by atoms with Crippen LogP contribution in [0.4, 0.5) is 0 Å². The molecule has 0 saturated carbocycles. The summed E-state index contributed by atoms with van der Waals surface area (Å²) in [6.07, 6.45) is 2.45. The molecule has 0 radical (unpaired) electrons. The van der Waals surface area contributed by atoms with E-state index in [2.05, 4.69) is 50.0 Å². The minimum Gasteiger partial charge on any atom is -0.314 e. The maximum Gasteiger partial charge on any atom is 0.0330 e. The van der Waals surface area contributed by atoms with Gasteiger partial charge in [-0.1, -0.05) is 20.8 Å². The Morgan fingerprint density at radius 3 is 2.63 bits per heavy atom. The highest BCUT2D eigenvalue weighted by Crippen LogP contribution is 2.27. The summed E-state index contributed by atoms with van der Waals surface area (Å²) in [5.41, 5.74) is 0. The van der Waals surface area contributed by atoms with Crippen molar-refractivity contribution in [2.24, 2.45) is 5.92 Å². The van der Waals surface area contributed by atoms with Gasteiger partial charge in [0.25, 0.3) is 0 Å². The van der Waals surface area contributed by atoms with Crippen LogP contribution in [0.1, 0.15) is 43.9 Å². The van der Waals surface area contributed by atoms with Crippen LogP contribution >= 0.6 is 11.3 Å². The maximum absolute atomic E-state index is 3.64. The Morgan fingerprint density at radius 2 is 2.00 bits per heavy atom. The lowest BCUT2D eigenvalue weighted by Crippen LogP contribution is -2.52. The van der Waals surface area contributed by atoms with Gasteiger partial charge in [-0.05, 0) is 44.4 Å². The molecule has 2 heterocycles. The first kappa shape index (κ1) is 15.0. The average Bonchev–Trinajstić information content (AvgIpc) is 2.86. The zero-order valence-electron chi connectivity index (χ0n) is 12.8. The number of nitrogens with zero attached hydrogens (tertiary/aromatic N) is 1. The number of hydrogen-bond acceptors (Lipinski definition) is 3. The highest BCUT2D eigenvalue weighted by atomic mass is 32.1. The fourth-order valence-electron chi connectivity index (χ4n) is 3.11. The van der Waals surface area contributed by atoms with Gasteiger partial charge in [0.2, 0.25) is 0 Å². The molecule has 108 valence electrons. The van der Waals surface area contributed by atoms with E-state index in [4.69, 9.17) is 0 Å². The molecule has 1 aliphatic rings. The molecule has 0 amide bonds. The second-order valence-electron chi connectivity index (χ2n) is 5.74. The monoisotopic (exact) mass is 280 g/mol. The lowest BCUT2D eigenvalue weighted by atomic mass is 9.87. The standard InChI is InChI=1S/C16H28N2S/c1-5-14-7-8-15(19-14)11-18-10-9-16(17-6-2)12(3)13(18)4/h7-8,12-13,16-17H,5-6,9-11H2,1-4H3. The molecular weight excluding hydrogens is 252 g/mol. The molecule has 3 heteroatoms. The first-order valence-electron chi connectivity index (χ1n) is 7.70. The summed E-state index contributed by atoms with van der Waals surface area (Å²) in [4.78, 5) is 5.69. The molecule has 3 atom stereocenters. The van der Waals surface area contributed by atoms with Crippen LogP contribution in [0.5, 0.6) is 0 Å². The van der Waals surface area contributed by atoms with E-state index in [1.165, 1.54) is 29.1 Å². The van der Waals surface area contributed by atoms with E-state index >= 15 is 0 Å². The van der Waals surface area contributed by atoms with Gasteiger partial charge in [0, 0.05) is 34.9 Å². The predicted molar refractivity (Wildman–Crippen MR) is 84.8 cm³/mol. The van der Waals surface area contributed by atoms with E-state index in [0.717, 1.165) is 19.0 Å². The summed E-state index contributed by atoms with van der Waals surface area (Å²) in [5, 5.41) is 3.64. The van der Waals surface area contributed by atoms with Crippen LogP contribution in [0, 0.1) is 5.92 Å². The molecule has 0 bridgehead atoms. The van der Waals surface area contributed by atoms with Gasteiger partial charge in [-0.25, -0.2) is 0 Å². The molecule has 2 nitrogen and oxygen atoms in total. The number of thiophene rings is 1. The zero-order valence-corrected chi connectivity index (χ0v) is 13.6. The molecule has 3 unspecified atom stereocenters. The van der Waals surface area contributed by atoms with Crippen LogP contribution < -0.4 is 5.32 Å². The lowest BCUT2D eigenvalue weighted by Gasteiger charge is -2.43. The van der Waals surface area contributed by atoms with Crippen LogP contribution in [0.15, 0.2) is 12.1 Å². The van der Waals surface area contributed by atoms with E-state index in [1.807, 2.05) is 11.3 Å². The smallest absolute Gasteiger partial charge is 0.0330 e. The molecule has 0 aromatic carbocycles. The minimum absolute atomic E-state index is 0.671. The van der Waals surface area contributed by atoms with Crippen molar-refractivity contribution in [1.29, 1.82) is 0 Å². The van der Waals surface area contributed by atoms with Crippen molar-refractivity contribution in [3.63, 3.8) is 0 Å². The molecule has 1 N–H and O–H groups in total. The van der Waals surface area contributed by atoms with E-state index in [1.54, 1.807) is 0 Å². The Labute approximate surface area is 122 Å². The third-order valence-corrected chi connectivity index (χ3v) is 5.80. The summed E-state index contributed by atoms with van der Waals surface area (Å²) in [6.45, 7) is 12.7. The first-order valence-corrected chi connectivity index (χ1v) is 8.52. The largest absolute Gasteiger partial charge is 0.314 e. The van der Waals surface area contributed by atoms with Crippen LogP contribution in [-0.2, 0) is 13.0 Å². The van der Waals surface area contributed by atoms with Gasteiger partial charge >= 0.3 is 0 Å². The summed E-state index contributed by atoms with van der Waals surface area (Å²) < 4.78 is 0. The van der Waals surface area contributed by atoms with Crippen LogP contribution in [-0.4, -0.2) is 30.1 Å². The van der Waals surface area contributed by atoms with Crippen molar-refractivity contribution in [2.75, 3.05) is 13.1 Å². The van der Waals surface area contributed by atoms with Crippen LogP contribution in [0.2, 0.25) is 0 Å². The Bertz CT molecular complexity index is 388. The van der Waals surface area contributed by atoms with Crippen molar-refractivity contribution in [1.82, 2.24) is 10.2 Å². The normalized spacial score (nSPS) is 28.7. The Morgan fingerprint density at radius 1 is 1.26 bits per heavy atom. The quantitative estimate of drug-likeness (QED) is 0.888. The Balaban J connectivity index is 1.94. The molecule has 0 aliphatic carbocycles. The summed E-state index contributed by atoms with van der Waals surface area (Å²) in [5.74, 6) is 0.735. The van der Waals surface area contributed by atoms with Crippen LogP contribution in [0.3, 0.4) is 0 Å². The van der Waals surface area contributed by atoms with Gasteiger partial charge in [-0.15, -0.1) is 11.3 Å². The summed E-state index contributed by atoms with van der Waals surface area (Å²) in [7, 11) is 0. The van der Waals surface area contributed by atoms with E-state index in [9.17, 15) is 0 Å². The molecule has 1 aromatic rings. The molecule has 1 aromatic heterocycles. The number of nitrogens with one attached hydrogen (secondary N) is 1. The van der Waals surface area contributed by atoms with Crippen molar-refractivity contribution < 1.29 is 0 Å². The highest BCUT2D eigenvalue weighted by Gasteiger charge is 2.31. The van der Waals surface area contributed by atoms with E-state index in [0.29, 0.717) is 12.1 Å². The molecule has 2 rings (SSSR count). The van der Waals surface area contributed by atoms with Gasteiger partial charge in [0.05, 0.1) is 0 Å². The van der Waals surface area contributed by atoms with Gasteiger partial charge in [0.15, 0.2) is 0 Å². The van der Waals surface area contributed by atoms with Crippen molar-refractivity contribution in [3.05, 3.63) is 21.9 Å². The second kappa shape index (κ2) is 6.87. The van der Waals surface area contributed by atoms with E-state index in [-0.39, 0.29) is 0 Å². The molecule has 1 aliphatic heterocycles. The molecule has 19 heavy (non-hydrogen) atoms. The van der Waals surface area contributed by atoms with Crippen molar-refractivity contribution in [2.45, 2.75) is 59.2 Å². The first-order chi connectivity index (χ1) is 9.15. The lowest BCUT2D eigenvalue weighted by molar-refractivity contribution is 0.0799. The third kappa shape index (κ3) is 3.59. The van der Waals surface area contributed by atoms with Crippen molar-refractivity contribution >= 4 is 11.3 Å². The average molecular weight is 280 g/mol. The third-order valence-electron chi connectivity index (χ3n) is 4.59. The zero-order chi connectivity index (χ0) is 13.8. The minimum atomic E-state index is 0.671. The fourth-order valence-corrected chi connectivity index (χ4v) is 4.09. The molecule has 1 fully saturated rings. The summed E-state index contributed by atoms with van der Waals surface area (Å²) in [6, 6.07) is 5.98. The number of likely N-dealkylation sites (tertiary alicyclic amines) is 1. The Kier molecular flexibility index (Phi) is 5.43. The number of rotatable bonds is 5. The van der Waals surface area contributed by atoms with Gasteiger partial charge in [0.1, 0.15) is 0 Å². The fraction of sp³-hybridized carbons (Fsp3) is 0.750. The number of aryl methyl sites for hydroxylation is 1. The Hall–Kier alpha value is -0.380. The number of hydrogen-bond donors (Lipinski definition) is 1. The summed E-state index contributed by atoms with van der Waals surface area (Å²) >= 11 is 1.98. The molecule has 1 saturated heterocycles. The topological polar surface area (TPSA) is 15.3 Å². The van der Waals surface area contributed by atoms with Crippen molar-refractivity contribution in [3.8, 4) is 0 Å². The second-order valence-corrected chi connectivity index (χ2v) is 7.00. The van der Waals surface area contributed by atoms with Gasteiger partial charge in [-0.2, -0.15) is 0 Å². The molecule has 0 spiro atoms. The van der Waals surface area contributed by atoms with Gasteiger partial charge < -0.3 is 5.32 Å². The van der Waals surface area contributed by atoms with Crippen LogP contribution in [0.25, 0.3) is 0 Å².